The lowest BCUT2D eigenvalue weighted by atomic mass is 9.94. The number of piperazine rings is 1. The molecular formula is C14H27N3O2S. The van der Waals surface area contributed by atoms with Crippen molar-refractivity contribution in [1.82, 2.24) is 14.5 Å². The lowest BCUT2D eigenvalue weighted by Crippen LogP contribution is -2.59. The summed E-state index contributed by atoms with van der Waals surface area (Å²) in [5, 5.41) is -0.103. The van der Waals surface area contributed by atoms with Gasteiger partial charge in [-0.1, -0.05) is 12.8 Å². The zero-order valence-corrected chi connectivity index (χ0v) is 13.3. The summed E-state index contributed by atoms with van der Waals surface area (Å²) in [5.74, 6) is 0. The molecule has 3 aliphatic rings. The summed E-state index contributed by atoms with van der Waals surface area (Å²) in [6, 6.07) is 0. The first kappa shape index (κ1) is 14.8. The molecule has 0 aromatic heterocycles. The van der Waals surface area contributed by atoms with E-state index < -0.39 is 10.0 Å². The summed E-state index contributed by atoms with van der Waals surface area (Å²) in [5.41, 5.74) is 0.0865. The van der Waals surface area contributed by atoms with Gasteiger partial charge in [0, 0.05) is 38.3 Å². The van der Waals surface area contributed by atoms with Gasteiger partial charge >= 0.3 is 0 Å². The standard InChI is InChI=1S/C14H27N3O2S/c1-16-8-10-17(11-9-16)14(6-2-3-7-14)12-15-20(18,19)13-4-5-13/h13,15H,2-12H2,1H3. The van der Waals surface area contributed by atoms with Gasteiger partial charge in [0.15, 0.2) is 0 Å². The molecule has 116 valence electrons. The molecule has 1 saturated heterocycles. The van der Waals surface area contributed by atoms with Crippen molar-refractivity contribution in [2.24, 2.45) is 0 Å². The smallest absolute Gasteiger partial charge is 0.214 e. The van der Waals surface area contributed by atoms with E-state index in [0.717, 1.165) is 51.9 Å². The van der Waals surface area contributed by atoms with Crippen molar-refractivity contribution in [1.29, 1.82) is 0 Å². The third kappa shape index (κ3) is 3.03. The van der Waals surface area contributed by atoms with Gasteiger partial charge in [-0.05, 0) is 32.7 Å². The van der Waals surface area contributed by atoms with Crippen LogP contribution in [0.1, 0.15) is 38.5 Å². The Morgan fingerprint density at radius 1 is 1.10 bits per heavy atom. The van der Waals surface area contributed by atoms with Crippen LogP contribution in [0.3, 0.4) is 0 Å². The van der Waals surface area contributed by atoms with E-state index in [1.165, 1.54) is 12.8 Å². The van der Waals surface area contributed by atoms with E-state index in [1.807, 2.05) is 0 Å². The van der Waals surface area contributed by atoms with Crippen LogP contribution >= 0.6 is 0 Å². The SMILES string of the molecule is CN1CCN(C2(CNS(=O)(=O)C3CC3)CCCC2)CC1. The minimum atomic E-state index is -3.05. The summed E-state index contributed by atoms with van der Waals surface area (Å²) in [6.07, 6.45) is 6.44. The molecule has 1 N–H and O–H groups in total. The Hall–Kier alpha value is -0.170. The van der Waals surface area contributed by atoms with Crippen LogP contribution < -0.4 is 4.72 Å². The molecule has 1 aliphatic heterocycles. The number of hydrogen-bond donors (Lipinski definition) is 1. The summed E-state index contributed by atoms with van der Waals surface area (Å²) >= 11 is 0. The van der Waals surface area contributed by atoms with E-state index in [9.17, 15) is 8.42 Å². The van der Waals surface area contributed by atoms with Crippen LogP contribution in [0.2, 0.25) is 0 Å². The molecule has 2 aliphatic carbocycles. The van der Waals surface area contributed by atoms with Crippen LogP contribution in [0.15, 0.2) is 0 Å². The maximum absolute atomic E-state index is 12.1. The normalized spacial score (nSPS) is 28.9. The van der Waals surface area contributed by atoms with E-state index >= 15 is 0 Å². The van der Waals surface area contributed by atoms with Crippen LogP contribution in [-0.4, -0.2) is 68.8 Å². The average molecular weight is 301 g/mol. The molecule has 0 radical (unpaired) electrons. The molecule has 1 heterocycles. The number of rotatable bonds is 5. The van der Waals surface area contributed by atoms with Crippen molar-refractivity contribution < 1.29 is 8.42 Å². The molecule has 0 aromatic carbocycles. The van der Waals surface area contributed by atoms with E-state index in [0.29, 0.717) is 6.54 Å². The maximum atomic E-state index is 12.1. The average Bonchev–Trinajstić information content (AvgIpc) is 3.18. The van der Waals surface area contributed by atoms with Gasteiger partial charge in [0.05, 0.1) is 5.25 Å². The van der Waals surface area contributed by atoms with Gasteiger partial charge in [-0.3, -0.25) is 4.90 Å². The number of nitrogens with one attached hydrogen (secondary N) is 1. The van der Waals surface area contributed by atoms with Crippen molar-refractivity contribution in [3.05, 3.63) is 0 Å². The van der Waals surface area contributed by atoms with Gasteiger partial charge in [-0.2, -0.15) is 0 Å². The monoisotopic (exact) mass is 301 g/mol. The summed E-state index contributed by atoms with van der Waals surface area (Å²) in [7, 11) is -0.888. The number of likely N-dealkylation sites (N-methyl/N-ethyl adjacent to an activating group) is 1. The third-order valence-corrected chi connectivity index (χ3v) is 7.17. The van der Waals surface area contributed by atoms with Gasteiger partial charge in [0.1, 0.15) is 0 Å². The molecule has 0 atom stereocenters. The molecule has 0 unspecified atom stereocenters. The Kier molecular flexibility index (Phi) is 4.10. The highest BCUT2D eigenvalue weighted by Crippen LogP contribution is 2.36. The predicted molar refractivity (Wildman–Crippen MR) is 80.2 cm³/mol. The van der Waals surface area contributed by atoms with E-state index in [4.69, 9.17) is 0 Å². The number of nitrogens with zero attached hydrogens (tertiary/aromatic N) is 2. The van der Waals surface area contributed by atoms with Crippen molar-refractivity contribution >= 4 is 10.0 Å². The largest absolute Gasteiger partial charge is 0.304 e. The lowest BCUT2D eigenvalue weighted by Gasteiger charge is -2.45. The van der Waals surface area contributed by atoms with Crippen molar-refractivity contribution in [2.75, 3.05) is 39.8 Å². The highest BCUT2D eigenvalue weighted by atomic mass is 32.2. The third-order valence-electron chi connectivity index (χ3n) is 5.27. The summed E-state index contributed by atoms with van der Waals surface area (Å²) < 4.78 is 27.1. The molecule has 20 heavy (non-hydrogen) atoms. The second kappa shape index (κ2) is 5.55. The Labute approximate surface area is 122 Å². The Bertz CT molecular complexity index is 433. The van der Waals surface area contributed by atoms with Crippen molar-refractivity contribution in [3.8, 4) is 0 Å². The zero-order valence-electron chi connectivity index (χ0n) is 12.5. The quantitative estimate of drug-likeness (QED) is 0.809. The zero-order chi connectivity index (χ0) is 14.2. The maximum Gasteiger partial charge on any atom is 0.214 e. The molecular weight excluding hydrogens is 274 g/mol. The lowest BCUT2D eigenvalue weighted by molar-refractivity contribution is 0.0461. The van der Waals surface area contributed by atoms with Crippen LogP contribution in [0.25, 0.3) is 0 Å². The molecule has 0 bridgehead atoms. The molecule has 2 saturated carbocycles. The van der Waals surface area contributed by atoms with Crippen LogP contribution in [-0.2, 0) is 10.0 Å². The van der Waals surface area contributed by atoms with E-state index in [2.05, 4.69) is 21.6 Å². The van der Waals surface area contributed by atoms with Gasteiger partial charge in [0.25, 0.3) is 0 Å². The summed E-state index contributed by atoms with van der Waals surface area (Å²) in [6.45, 7) is 4.95. The van der Waals surface area contributed by atoms with Crippen LogP contribution in [0.5, 0.6) is 0 Å². The molecule has 0 aromatic rings. The fourth-order valence-electron chi connectivity index (χ4n) is 3.65. The highest BCUT2D eigenvalue weighted by molar-refractivity contribution is 7.90. The van der Waals surface area contributed by atoms with Crippen LogP contribution in [0.4, 0.5) is 0 Å². The van der Waals surface area contributed by atoms with Gasteiger partial charge < -0.3 is 4.90 Å². The second-order valence-corrected chi connectivity index (χ2v) is 8.83. The molecule has 5 nitrogen and oxygen atoms in total. The second-order valence-electron chi connectivity index (χ2n) is 6.79. The predicted octanol–water partition coefficient (Wildman–Crippen LogP) is 0.628. The molecule has 3 rings (SSSR count). The van der Waals surface area contributed by atoms with Crippen molar-refractivity contribution in [2.45, 2.75) is 49.3 Å². The van der Waals surface area contributed by atoms with E-state index in [1.54, 1.807) is 0 Å². The topological polar surface area (TPSA) is 52.6 Å². The first-order chi connectivity index (χ1) is 9.52. The number of sulfonamides is 1. The summed E-state index contributed by atoms with van der Waals surface area (Å²) in [4.78, 5) is 4.91. The van der Waals surface area contributed by atoms with E-state index in [-0.39, 0.29) is 10.8 Å². The highest BCUT2D eigenvalue weighted by Gasteiger charge is 2.43. The Morgan fingerprint density at radius 3 is 2.25 bits per heavy atom. The first-order valence-corrected chi connectivity index (χ1v) is 9.49. The van der Waals surface area contributed by atoms with Gasteiger partial charge in [-0.25, -0.2) is 13.1 Å². The fraction of sp³-hybridized carbons (Fsp3) is 1.00. The fourth-order valence-corrected chi connectivity index (χ4v) is 5.11. The first-order valence-electron chi connectivity index (χ1n) is 7.94. The number of hydrogen-bond acceptors (Lipinski definition) is 4. The molecule has 6 heteroatoms. The van der Waals surface area contributed by atoms with Crippen molar-refractivity contribution in [3.63, 3.8) is 0 Å². The Balaban J connectivity index is 1.65. The Morgan fingerprint density at radius 2 is 1.70 bits per heavy atom. The van der Waals surface area contributed by atoms with Gasteiger partial charge in [0.2, 0.25) is 10.0 Å². The molecule has 3 fully saturated rings. The minimum Gasteiger partial charge on any atom is -0.304 e. The minimum absolute atomic E-state index is 0.0865. The molecule has 0 amide bonds. The van der Waals surface area contributed by atoms with Gasteiger partial charge in [-0.15, -0.1) is 0 Å². The molecule has 0 spiro atoms. The van der Waals surface area contributed by atoms with Crippen LogP contribution in [0, 0.1) is 0 Å².